The highest BCUT2D eigenvalue weighted by Gasteiger charge is 2.03. The number of guanidine groups is 2. The van der Waals surface area contributed by atoms with Gasteiger partial charge in [-0.1, -0.05) is 6.92 Å². The number of nitrogens with one attached hydrogen (secondary N) is 2. The number of halogens is 1. The van der Waals surface area contributed by atoms with Gasteiger partial charge in [-0.25, -0.2) is 0 Å². The van der Waals surface area contributed by atoms with Gasteiger partial charge in [-0.05, 0) is 34.1 Å². The lowest BCUT2D eigenvalue weighted by atomic mass is 10.4. The molecule has 0 aliphatic rings. The van der Waals surface area contributed by atoms with Crippen LogP contribution in [0.15, 0.2) is 9.98 Å². The first-order valence-electron chi connectivity index (χ1n) is 6.50. The summed E-state index contributed by atoms with van der Waals surface area (Å²) in [5.41, 5.74) is 5.73. The van der Waals surface area contributed by atoms with Gasteiger partial charge in [0.05, 0.1) is 14.9 Å². The lowest BCUT2D eigenvalue weighted by molar-refractivity contribution is -1.92. The van der Waals surface area contributed by atoms with Crippen LogP contribution in [0, 0.1) is 10.2 Å². The molecular formula is C11H26ClN5O4. The van der Waals surface area contributed by atoms with Crippen molar-refractivity contribution in [2.24, 2.45) is 15.7 Å². The SMILES string of the molecule is CCCN=C(N)NC(=NC(C)C)NC(C)C.[O-][Cl+3]([O-])([O-])O. The van der Waals surface area contributed by atoms with Crippen molar-refractivity contribution in [3.8, 4) is 0 Å². The largest absolute Gasteiger partial charge is 0.370 e. The first-order valence-corrected chi connectivity index (χ1v) is 7.76. The molecule has 0 aliphatic carbocycles. The Morgan fingerprint density at radius 2 is 1.71 bits per heavy atom. The average Bonchev–Trinajstić information content (AvgIpc) is 2.21. The lowest BCUT2D eigenvalue weighted by Crippen LogP contribution is -2.58. The third kappa shape index (κ3) is 24.3. The molecule has 0 aromatic rings. The van der Waals surface area contributed by atoms with Gasteiger partial charge in [-0.2, -0.15) is 14.0 Å². The molecule has 0 heterocycles. The van der Waals surface area contributed by atoms with E-state index in [0.717, 1.165) is 13.0 Å². The van der Waals surface area contributed by atoms with Crippen molar-refractivity contribution in [3.05, 3.63) is 0 Å². The van der Waals surface area contributed by atoms with Crippen molar-refractivity contribution in [1.82, 2.24) is 10.6 Å². The Morgan fingerprint density at radius 1 is 1.24 bits per heavy atom. The first-order chi connectivity index (χ1) is 9.45. The normalized spacial score (nSPS) is 13.1. The van der Waals surface area contributed by atoms with E-state index in [0.29, 0.717) is 18.0 Å². The minimum Gasteiger partial charge on any atom is -0.370 e. The molecule has 126 valence electrons. The second-order valence-corrected chi connectivity index (χ2v) is 5.45. The van der Waals surface area contributed by atoms with Crippen LogP contribution in [0.2, 0.25) is 0 Å². The van der Waals surface area contributed by atoms with Crippen LogP contribution in [0.5, 0.6) is 0 Å². The van der Waals surface area contributed by atoms with E-state index < -0.39 is 10.2 Å². The fourth-order valence-electron chi connectivity index (χ4n) is 1.03. The Labute approximate surface area is 127 Å². The standard InChI is InChI=1S/C11H25N5.ClHO4/c1-6-7-13-10(12)16-11(14-8(2)3)15-9(4)5;2-1(3,4)5/h8-9H,6-7H2,1-5H3,(H4,12,13,14,15,16);(H,2,3,4,5). The molecule has 0 aromatic carbocycles. The van der Waals surface area contributed by atoms with Crippen LogP contribution in [0.25, 0.3) is 0 Å². The van der Waals surface area contributed by atoms with Crippen molar-refractivity contribution in [2.75, 3.05) is 6.54 Å². The minimum absolute atomic E-state index is 0.215. The van der Waals surface area contributed by atoms with E-state index in [4.69, 9.17) is 24.4 Å². The van der Waals surface area contributed by atoms with E-state index >= 15 is 0 Å². The molecule has 0 rings (SSSR count). The van der Waals surface area contributed by atoms with Gasteiger partial charge in [0.1, 0.15) is 0 Å². The zero-order valence-corrected chi connectivity index (χ0v) is 13.8. The van der Waals surface area contributed by atoms with Gasteiger partial charge in [-0.15, -0.1) is 0 Å². The summed E-state index contributed by atoms with van der Waals surface area (Å²) < 4.78 is 32.7. The molecule has 0 saturated heterocycles. The van der Waals surface area contributed by atoms with Gasteiger partial charge < -0.3 is 11.1 Å². The third-order valence-electron chi connectivity index (χ3n) is 1.56. The topological polar surface area (TPSA) is 164 Å². The maximum Gasteiger partial charge on any atom is 0.198 e. The summed E-state index contributed by atoms with van der Waals surface area (Å²) in [6.45, 7) is 10.9. The third-order valence-corrected chi connectivity index (χ3v) is 1.56. The second kappa shape index (κ2) is 11.5. The maximum atomic E-state index is 8.60. The summed E-state index contributed by atoms with van der Waals surface area (Å²) in [5.74, 6) is 1.09. The van der Waals surface area contributed by atoms with Crippen molar-refractivity contribution >= 4 is 11.9 Å². The molecule has 0 aromatic heterocycles. The van der Waals surface area contributed by atoms with Crippen LogP contribution >= 0.6 is 0 Å². The number of hydrogen-bond acceptors (Lipinski definition) is 6. The average molecular weight is 328 g/mol. The van der Waals surface area contributed by atoms with E-state index in [-0.39, 0.29) is 6.04 Å². The summed E-state index contributed by atoms with van der Waals surface area (Å²) in [6.07, 6.45) is 0.983. The smallest absolute Gasteiger partial charge is 0.198 e. The Morgan fingerprint density at radius 3 is 2.05 bits per heavy atom. The van der Waals surface area contributed by atoms with Gasteiger partial charge in [0.25, 0.3) is 0 Å². The molecule has 10 heteroatoms. The highest BCUT2D eigenvalue weighted by atomic mass is 35.7. The van der Waals surface area contributed by atoms with Crippen molar-refractivity contribution in [3.63, 3.8) is 0 Å². The highest BCUT2D eigenvalue weighted by molar-refractivity contribution is 5.98. The van der Waals surface area contributed by atoms with Gasteiger partial charge >= 0.3 is 0 Å². The molecule has 21 heavy (non-hydrogen) atoms. The molecule has 0 radical (unpaired) electrons. The molecule has 0 fully saturated rings. The van der Waals surface area contributed by atoms with E-state index in [1.54, 1.807) is 0 Å². The number of hydrogen-bond donors (Lipinski definition) is 4. The number of rotatable bonds is 4. The zero-order valence-electron chi connectivity index (χ0n) is 13.1. The predicted octanol–water partition coefficient (Wildman–Crippen LogP) is -3.06. The lowest BCUT2D eigenvalue weighted by Gasteiger charge is -2.15. The molecule has 0 spiro atoms. The molecular weight excluding hydrogens is 302 g/mol. The molecule has 0 aliphatic heterocycles. The predicted molar refractivity (Wildman–Crippen MR) is 73.0 cm³/mol. The molecule has 0 unspecified atom stereocenters. The first kappa shape index (κ1) is 22.2. The van der Waals surface area contributed by atoms with Crippen molar-refractivity contribution in [1.29, 1.82) is 0 Å². The fourth-order valence-corrected chi connectivity index (χ4v) is 1.03. The summed E-state index contributed by atoms with van der Waals surface area (Å²) in [7, 11) is -4.69. The van der Waals surface area contributed by atoms with Gasteiger partial charge in [0.2, 0.25) is 0 Å². The van der Waals surface area contributed by atoms with Gasteiger partial charge in [-0.3, -0.25) is 15.3 Å². The minimum atomic E-state index is -4.69. The Balaban J connectivity index is 0. The van der Waals surface area contributed by atoms with Crippen molar-refractivity contribution < 1.29 is 28.9 Å². The number of nitrogens with two attached hydrogens (primary N) is 1. The molecule has 0 bridgehead atoms. The van der Waals surface area contributed by atoms with E-state index in [1.165, 1.54) is 0 Å². The zero-order chi connectivity index (χ0) is 17.1. The summed E-state index contributed by atoms with van der Waals surface area (Å²) in [5, 5.41) is 6.18. The van der Waals surface area contributed by atoms with E-state index in [1.807, 2.05) is 13.8 Å². The second-order valence-electron chi connectivity index (χ2n) is 4.66. The molecule has 0 amide bonds. The Kier molecular flexibility index (Phi) is 12.2. The van der Waals surface area contributed by atoms with E-state index in [9.17, 15) is 0 Å². The molecule has 5 N–H and O–H groups in total. The summed E-state index contributed by atoms with van der Waals surface area (Å²) in [6, 6.07) is 0.525. The summed E-state index contributed by atoms with van der Waals surface area (Å²) >= 11 is 0. The van der Waals surface area contributed by atoms with Crippen LogP contribution < -0.4 is 30.3 Å². The molecule has 0 atom stereocenters. The van der Waals surface area contributed by atoms with Gasteiger partial charge in [0, 0.05) is 18.6 Å². The molecule has 9 nitrogen and oxygen atoms in total. The highest BCUT2D eigenvalue weighted by Crippen LogP contribution is 1.87. The number of nitrogens with zero attached hydrogens (tertiary/aromatic N) is 2. The van der Waals surface area contributed by atoms with Crippen molar-refractivity contribution in [2.45, 2.75) is 53.1 Å². The van der Waals surface area contributed by atoms with Crippen LogP contribution in [0.1, 0.15) is 41.0 Å². The van der Waals surface area contributed by atoms with Crippen LogP contribution in [-0.2, 0) is 0 Å². The maximum absolute atomic E-state index is 8.60. The quantitative estimate of drug-likeness (QED) is 0.314. The molecule has 0 saturated carbocycles. The van der Waals surface area contributed by atoms with Crippen LogP contribution in [-0.4, -0.2) is 35.2 Å². The fraction of sp³-hybridized carbons (Fsp3) is 0.818. The van der Waals surface area contributed by atoms with Crippen LogP contribution in [0.4, 0.5) is 0 Å². The monoisotopic (exact) mass is 327 g/mol. The number of aliphatic imine (C=N–C) groups is 2. The Bertz CT molecular complexity index is 323. The Hall–Kier alpha value is -1.13. The van der Waals surface area contributed by atoms with Crippen LogP contribution in [0.3, 0.4) is 0 Å². The van der Waals surface area contributed by atoms with E-state index in [2.05, 4.69) is 41.4 Å². The summed E-state index contributed by atoms with van der Waals surface area (Å²) in [4.78, 5) is 8.56. The van der Waals surface area contributed by atoms with Gasteiger partial charge in [0.15, 0.2) is 11.9 Å².